The second-order valence-electron chi connectivity index (χ2n) is 4.80. The van der Waals surface area contributed by atoms with Gasteiger partial charge in [-0.1, -0.05) is 24.9 Å². The fraction of sp³-hybridized carbons (Fsp3) is 0.533. The van der Waals surface area contributed by atoms with Crippen LogP contribution in [0.1, 0.15) is 25.3 Å². The molecule has 0 atom stereocenters. The Labute approximate surface area is 134 Å². The summed E-state index contributed by atoms with van der Waals surface area (Å²) in [7, 11) is 0. The summed E-state index contributed by atoms with van der Waals surface area (Å²) < 4.78 is 11.0. The molecular formula is C15H20ClNO3S. The smallest absolute Gasteiger partial charge is 0.230 e. The summed E-state index contributed by atoms with van der Waals surface area (Å²) >= 11 is 7.74. The third-order valence-electron chi connectivity index (χ3n) is 3.01. The number of unbranched alkanes of at least 4 members (excludes halogenated alkanes) is 1. The Morgan fingerprint density at radius 1 is 1.38 bits per heavy atom. The van der Waals surface area contributed by atoms with Gasteiger partial charge in [-0.25, -0.2) is 0 Å². The van der Waals surface area contributed by atoms with E-state index >= 15 is 0 Å². The first-order valence-corrected chi connectivity index (χ1v) is 8.66. The second-order valence-corrected chi connectivity index (χ2v) is 6.19. The van der Waals surface area contributed by atoms with Crippen LogP contribution in [0.25, 0.3) is 0 Å². The fourth-order valence-corrected chi connectivity index (χ4v) is 3.04. The standard InChI is InChI=1S/C15H20ClNO3S/c1-2-3-4-17-14(18)10-21-9-11-7-12(16)15-13(8-11)19-5-6-20-15/h7-8H,2-6,9-10H2,1H3,(H,17,18). The number of thioether (sulfide) groups is 1. The number of benzene rings is 1. The first kappa shape index (κ1) is 16.3. The van der Waals surface area contributed by atoms with E-state index in [-0.39, 0.29) is 5.91 Å². The van der Waals surface area contributed by atoms with Crippen molar-refractivity contribution in [2.24, 2.45) is 0 Å². The summed E-state index contributed by atoms with van der Waals surface area (Å²) in [4.78, 5) is 11.6. The molecule has 2 rings (SSSR count). The van der Waals surface area contributed by atoms with Gasteiger partial charge in [-0.05, 0) is 24.1 Å². The summed E-state index contributed by atoms with van der Waals surface area (Å²) in [5, 5.41) is 3.47. The molecule has 1 heterocycles. The zero-order valence-corrected chi connectivity index (χ0v) is 13.7. The Morgan fingerprint density at radius 3 is 3.00 bits per heavy atom. The van der Waals surface area contributed by atoms with Gasteiger partial charge in [0, 0.05) is 12.3 Å². The minimum Gasteiger partial charge on any atom is -0.486 e. The van der Waals surface area contributed by atoms with Gasteiger partial charge < -0.3 is 14.8 Å². The van der Waals surface area contributed by atoms with Crippen molar-refractivity contribution >= 4 is 29.3 Å². The van der Waals surface area contributed by atoms with Crippen molar-refractivity contribution < 1.29 is 14.3 Å². The van der Waals surface area contributed by atoms with E-state index in [0.717, 1.165) is 30.7 Å². The maximum atomic E-state index is 11.6. The van der Waals surface area contributed by atoms with Crippen molar-refractivity contribution in [1.29, 1.82) is 0 Å². The highest BCUT2D eigenvalue weighted by atomic mass is 35.5. The second kappa shape index (κ2) is 8.39. The Balaban J connectivity index is 1.81. The number of ether oxygens (including phenoxy) is 2. The molecule has 0 fully saturated rings. The maximum Gasteiger partial charge on any atom is 0.230 e. The monoisotopic (exact) mass is 329 g/mol. The third-order valence-corrected chi connectivity index (χ3v) is 4.30. The molecule has 1 N–H and O–H groups in total. The van der Waals surface area contributed by atoms with Crippen molar-refractivity contribution in [3.8, 4) is 11.5 Å². The molecule has 0 aliphatic carbocycles. The Morgan fingerprint density at radius 2 is 2.19 bits per heavy atom. The van der Waals surface area contributed by atoms with Crippen LogP contribution in [0.3, 0.4) is 0 Å². The van der Waals surface area contributed by atoms with Gasteiger partial charge in [0.2, 0.25) is 5.91 Å². The Kier molecular flexibility index (Phi) is 6.51. The van der Waals surface area contributed by atoms with Crippen molar-refractivity contribution in [3.63, 3.8) is 0 Å². The Bertz CT molecular complexity index is 496. The zero-order valence-electron chi connectivity index (χ0n) is 12.1. The van der Waals surface area contributed by atoms with Crippen LogP contribution in [0.15, 0.2) is 12.1 Å². The lowest BCUT2D eigenvalue weighted by Crippen LogP contribution is -2.26. The fourth-order valence-electron chi connectivity index (χ4n) is 1.96. The summed E-state index contributed by atoms with van der Waals surface area (Å²) in [5.41, 5.74) is 1.04. The molecule has 116 valence electrons. The number of carbonyl (C=O) groups is 1. The summed E-state index contributed by atoms with van der Waals surface area (Å²) in [5.74, 6) is 2.57. The topological polar surface area (TPSA) is 47.6 Å². The molecule has 0 saturated carbocycles. The molecule has 1 aliphatic rings. The molecule has 21 heavy (non-hydrogen) atoms. The van der Waals surface area contributed by atoms with Gasteiger partial charge in [-0.2, -0.15) is 0 Å². The largest absolute Gasteiger partial charge is 0.486 e. The van der Waals surface area contributed by atoms with Gasteiger partial charge in [-0.3, -0.25) is 4.79 Å². The van der Waals surface area contributed by atoms with E-state index in [1.807, 2.05) is 12.1 Å². The zero-order chi connectivity index (χ0) is 15.1. The van der Waals surface area contributed by atoms with E-state index in [4.69, 9.17) is 21.1 Å². The quantitative estimate of drug-likeness (QED) is 0.780. The minimum absolute atomic E-state index is 0.0806. The third kappa shape index (κ3) is 5.00. The van der Waals surface area contributed by atoms with Crippen LogP contribution in [0.4, 0.5) is 0 Å². The molecule has 6 heteroatoms. The van der Waals surface area contributed by atoms with Crippen LogP contribution >= 0.6 is 23.4 Å². The van der Waals surface area contributed by atoms with E-state index in [1.165, 1.54) is 0 Å². The van der Waals surface area contributed by atoms with Crippen LogP contribution in [0.2, 0.25) is 5.02 Å². The highest BCUT2D eigenvalue weighted by Gasteiger charge is 2.16. The van der Waals surface area contributed by atoms with Crippen molar-refractivity contribution in [2.75, 3.05) is 25.5 Å². The molecule has 0 bridgehead atoms. The summed E-state index contributed by atoms with van der Waals surface area (Å²) in [6.07, 6.45) is 2.11. The molecule has 0 aromatic heterocycles. The van der Waals surface area contributed by atoms with Gasteiger partial charge in [0.1, 0.15) is 13.2 Å². The number of nitrogens with one attached hydrogen (secondary N) is 1. The van der Waals surface area contributed by atoms with E-state index in [9.17, 15) is 4.79 Å². The number of fused-ring (bicyclic) bond motifs is 1. The molecule has 1 aliphatic heterocycles. The van der Waals surface area contributed by atoms with Crippen LogP contribution in [0, 0.1) is 0 Å². The minimum atomic E-state index is 0.0806. The molecule has 0 saturated heterocycles. The van der Waals surface area contributed by atoms with Gasteiger partial charge in [-0.15, -0.1) is 11.8 Å². The molecule has 0 spiro atoms. The number of hydrogen-bond acceptors (Lipinski definition) is 4. The average molecular weight is 330 g/mol. The predicted molar refractivity (Wildman–Crippen MR) is 86.5 cm³/mol. The number of halogens is 1. The predicted octanol–water partition coefficient (Wildman–Crippen LogP) is 3.26. The highest BCUT2D eigenvalue weighted by Crippen LogP contribution is 2.39. The van der Waals surface area contributed by atoms with Crippen LogP contribution in [-0.4, -0.2) is 31.4 Å². The van der Waals surface area contributed by atoms with E-state index < -0.39 is 0 Å². The van der Waals surface area contributed by atoms with Gasteiger partial charge in [0.15, 0.2) is 11.5 Å². The highest BCUT2D eigenvalue weighted by molar-refractivity contribution is 7.99. The summed E-state index contributed by atoms with van der Waals surface area (Å²) in [6.45, 7) is 3.93. The molecule has 1 amide bonds. The number of rotatable bonds is 7. The van der Waals surface area contributed by atoms with Gasteiger partial charge in [0.05, 0.1) is 10.8 Å². The Hall–Kier alpha value is -1.07. The first-order chi connectivity index (χ1) is 10.2. The number of carbonyl (C=O) groups excluding carboxylic acids is 1. The molecule has 0 radical (unpaired) electrons. The van der Waals surface area contributed by atoms with Crippen LogP contribution in [0.5, 0.6) is 11.5 Å². The van der Waals surface area contributed by atoms with Gasteiger partial charge in [0.25, 0.3) is 0 Å². The van der Waals surface area contributed by atoms with E-state index in [2.05, 4.69) is 12.2 Å². The first-order valence-electron chi connectivity index (χ1n) is 7.13. The van der Waals surface area contributed by atoms with Crippen LogP contribution < -0.4 is 14.8 Å². The van der Waals surface area contributed by atoms with Crippen molar-refractivity contribution in [1.82, 2.24) is 5.32 Å². The van der Waals surface area contributed by atoms with Crippen molar-refractivity contribution in [3.05, 3.63) is 22.7 Å². The maximum absolute atomic E-state index is 11.6. The lowest BCUT2D eigenvalue weighted by Gasteiger charge is -2.20. The number of hydrogen-bond donors (Lipinski definition) is 1. The SMILES string of the molecule is CCCCNC(=O)CSCc1cc(Cl)c2c(c1)OCCO2. The van der Waals surface area contributed by atoms with Crippen molar-refractivity contribution in [2.45, 2.75) is 25.5 Å². The number of amides is 1. The normalized spacial score (nSPS) is 13.0. The molecule has 1 aromatic rings. The van der Waals surface area contributed by atoms with Gasteiger partial charge >= 0.3 is 0 Å². The van der Waals surface area contributed by atoms with E-state index in [0.29, 0.717) is 35.5 Å². The van der Waals surface area contributed by atoms with E-state index in [1.54, 1.807) is 11.8 Å². The molecule has 4 nitrogen and oxygen atoms in total. The lowest BCUT2D eigenvalue weighted by atomic mass is 10.2. The molecule has 1 aromatic carbocycles. The molecule has 0 unspecified atom stereocenters. The lowest BCUT2D eigenvalue weighted by molar-refractivity contribution is -0.118. The summed E-state index contributed by atoms with van der Waals surface area (Å²) in [6, 6.07) is 3.80. The molecular weight excluding hydrogens is 310 g/mol. The van der Waals surface area contributed by atoms with Crippen LogP contribution in [-0.2, 0) is 10.5 Å². The average Bonchev–Trinajstić information content (AvgIpc) is 2.48.